The van der Waals surface area contributed by atoms with Gasteiger partial charge < -0.3 is 10.2 Å². The molecule has 2 rings (SSSR count). The minimum Gasteiger partial charge on any atom is -0.481 e. The van der Waals surface area contributed by atoms with Crippen molar-refractivity contribution < 1.29 is 19.8 Å². The van der Waals surface area contributed by atoms with Gasteiger partial charge in [0.15, 0.2) is 0 Å². The van der Waals surface area contributed by atoms with Gasteiger partial charge >= 0.3 is 11.9 Å². The largest absolute Gasteiger partial charge is 0.481 e. The van der Waals surface area contributed by atoms with Crippen molar-refractivity contribution in [1.82, 2.24) is 15.0 Å². The second-order valence-corrected chi connectivity index (χ2v) is 3.96. The summed E-state index contributed by atoms with van der Waals surface area (Å²) in [6.07, 6.45) is 1.25. The molecule has 0 spiro atoms. The molecule has 1 aromatic carbocycles. The molecule has 19 heavy (non-hydrogen) atoms. The maximum Gasteiger partial charge on any atom is 0.335 e. The summed E-state index contributed by atoms with van der Waals surface area (Å²) in [6.45, 7) is 0.350. The first kappa shape index (κ1) is 12.7. The lowest BCUT2D eigenvalue weighted by atomic mass is 10.1. The molecular formula is C12H11N3O4. The Bertz CT molecular complexity index is 604. The van der Waals surface area contributed by atoms with Crippen molar-refractivity contribution in [3.8, 4) is 0 Å². The van der Waals surface area contributed by atoms with Crippen molar-refractivity contribution in [3.63, 3.8) is 0 Å². The fourth-order valence-corrected chi connectivity index (χ4v) is 1.63. The zero-order valence-electron chi connectivity index (χ0n) is 9.85. The van der Waals surface area contributed by atoms with Crippen molar-refractivity contribution >= 4 is 11.9 Å². The summed E-state index contributed by atoms with van der Waals surface area (Å²) in [5.74, 6) is -1.94. The third kappa shape index (κ3) is 3.15. The molecule has 0 amide bonds. The normalized spacial score (nSPS) is 10.3. The van der Waals surface area contributed by atoms with Crippen LogP contribution in [0.4, 0.5) is 0 Å². The average Bonchev–Trinajstić information content (AvgIpc) is 2.76. The van der Waals surface area contributed by atoms with Gasteiger partial charge in [-0.2, -0.15) is 0 Å². The van der Waals surface area contributed by atoms with Crippen LogP contribution in [-0.4, -0.2) is 37.1 Å². The van der Waals surface area contributed by atoms with Crippen LogP contribution in [0.5, 0.6) is 0 Å². The maximum absolute atomic E-state index is 10.7. The van der Waals surface area contributed by atoms with Gasteiger partial charge in [0.25, 0.3) is 0 Å². The molecule has 0 fully saturated rings. The van der Waals surface area contributed by atoms with Crippen LogP contribution in [0.2, 0.25) is 0 Å². The molecule has 0 radical (unpaired) electrons. The highest BCUT2D eigenvalue weighted by Crippen LogP contribution is 2.08. The van der Waals surface area contributed by atoms with Crippen LogP contribution in [-0.2, 0) is 17.8 Å². The Morgan fingerprint density at radius 1 is 1.16 bits per heavy atom. The van der Waals surface area contributed by atoms with Gasteiger partial charge in [-0.1, -0.05) is 17.3 Å². The minimum atomic E-state index is -0.987. The summed E-state index contributed by atoms with van der Waals surface area (Å²) in [6, 6.07) is 6.31. The smallest absolute Gasteiger partial charge is 0.335 e. The number of carboxylic acid groups (broad SMARTS) is 2. The summed E-state index contributed by atoms with van der Waals surface area (Å²) in [5.41, 5.74) is 1.52. The van der Waals surface area contributed by atoms with Gasteiger partial charge in [0.1, 0.15) is 0 Å². The lowest BCUT2D eigenvalue weighted by molar-refractivity contribution is -0.136. The van der Waals surface area contributed by atoms with E-state index in [4.69, 9.17) is 10.2 Å². The highest BCUT2D eigenvalue weighted by Gasteiger charge is 2.09. The molecule has 0 saturated carbocycles. The number of nitrogens with zero attached hydrogens (tertiary/aromatic N) is 3. The first-order chi connectivity index (χ1) is 9.06. The van der Waals surface area contributed by atoms with Gasteiger partial charge in [-0.05, 0) is 17.7 Å². The molecule has 1 aromatic heterocycles. The fraction of sp³-hybridized carbons (Fsp3) is 0.167. The molecule has 0 saturated heterocycles. The van der Waals surface area contributed by atoms with E-state index in [1.54, 1.807) is 12.1 Å². The maximum atomic E-state index is 10.7. The summed E-state index contributed by atoms with van der Waals surface area (Å²) in [5, 5.41) is 25.0. The molecule has 2 aromatic rings. The quantitative estimate of drug-likeness (QED) is 0.818. The third-order valence-electron chi connectivity index (χ3n) is 2.56. The summed E-state index contributed by atoms with van der Waals surface area (Å²) in [4.78, 5) is 21.4. The lowest BCUT2D eigenvalue weighted by Gasteiger charge is -2.05. The number of aromatic nitrogens is 3. The second kappa shape index (κ2) is 5.30. The Morgan fingerprint density at radius 3 is 2.42 bits per heavy atom. The van der Waals surface area contributed by atoms with Crippen molar-refractivity contribution in [1.29, 1.82) is 0 Å². The molecule has 2 N–H and O–H groups in total. The van der Waals surface area contributed by atoms with E-state index in [9.17, 15) is 9.59 Å². The Labute approximate surface area is 108 Å². The van der Waals surface area contributed by atoms with Crippen LogP contribution in [0, 0.1) is 0 Å². The molecule has 0 atom stereocenters. The van der Waals surface area contributed by atoms with Crippen molar-refractivity contribution in [2.45, 2.75) is 13.0 Å². The van der Waals surface area contributed by atoms with Crippen LogP contribution in [0.3, 0.4) is 0 Å². The van der Waals surface area contributed by atoms with E-state index in [2.05, 4.69) is 10.3 Å². The van der Waals surface area contributed by atoms with Crippen LogP contribution in [0.15, 0.2) is 30.5 Å². The first-order valence-corrected chi connectivity index (χ1v) is 5.47. The van der Waals surface area contributed by atoms with Crippen LogP contribution >= 0.6 is 0 Å². The lowest BCUT2D eigenvalue weighted by Crippen LogP contribution is -2.10. The van der Waals surface area contributed by atoms with E-state index in [0.29, 0.717) is 12.2 Å². The molecule has 7 nitrogen and oxygen atoms in total. The predicted molar refractivity (Wildman–Crippen MR) is 63.9 cm³/mol. The van der Waals surface area contributed by atoms with E-state index in [0.717, 1.165) is 5.56 Å². The van der Waals surface area contributed by atoms with Crippen LogP contribution in [0.1, 0.15) is 21.6 Å². The van der Waals surface area contributed by atoms with Crippen molar-refractivity contribution in [3.05, 3.63) is 47.3 Å². The Morgan fingerprint density at radius 2 is 1.84 bits per heavy atom. The van der Waals surface area contributed by atoms with Crippen molar-refractivity contribution in [2.24, 2.45) is 0 Å². The van der Waals surface area contributed by atoms with Crippen LogP contribution in [0.25, 0.3) is 0 Å². The molecule has 0 aliphatic heterocycles. The first-order valence-electron chi connectivity index (χ1n) is 5.47. The zero-order valence-corrected chi connectivity index (χ0v) is 9.85. The van der Waals surface area contributed by atoms with E-state index in [1.807, 2.05) is 0 Å². The van der Waals surface area contributed by atoms with Gasteiger partial charge in [0.2, 0.25) is 0 Å². The number of hydrogen-bond acceptors (Lipinski definition) is 4. The van der Waals surface area contributed by atoms with Gasteiger partial charge in [-0.25, -0.2) is 9.48 Å². The monoisotopic (exact) mass is 261 g/mol. The fourth-order valence-electron chi connectivity index (χ4n) is 1.63. The molecule has 1 heterocycles. The highest BCUT2D eigenvalue weighted by atomic mass is 16.4. The standard InChI is InChI=1S/C12H11N3O4/c16-11(17)5-10-6-13-14-15(10)7-8-1-3-9(4-2-8)12(18)19/h1-4,6H,5,7H2,(H,16,17)(H,18,19). The third-order valence-corrected chi connectivity index (χ3v) is 2.56. The molecule has 0 aliphatic carbocycles. The number of aromatic carboxylic acids is 1. The van der Waals surface area contributed by atoms with E-state index >= 15 is 0 Å². The SMILES string of the molecule is O=C(O)Cc1cnnn1Cc1ccc(C(=O)O)cc1. The molecule has 0 aliphatic rings. The van der Waals surface area contributed by atoms with Gasteiger partial charge in [-0.3, -0.25) is 4.79 Å². The highest BCUT2D eigenvalue weighted by molar-refractivity contribution is 5.87. The van der Waals surface area contributed by atoms with Gasteiger partial charge in [-0.15, -0.1) is 5.10 Å². The summed E-state index contributed by atoms with van der Waals surface area (Å²) < 4.78 is 1.48. The number of hydrogen-bond donors (Lipinski definition) is 2. The minimum absolute atomic E-state index is 0.153. The summed E-state index contributed by atoms with van der Waals surface area (Å²) in [7, 11) is 0. The Hall–Kier alpha value is -2.70. The molecule has 0 unspecified atom stereocenters. The second-order valence-electron chi connectivity index (χ2n) is 3.96. The van der Waals surface area contributed by atoms with Gasteiger partial charge in [0.05, 0.1) is 30.4 Å². The molecule has 98 valence electrons. The van der Waals surface area contributed by atoms with E-state index in [-0.39, 0.29) is 12.0 Å². The van der Waals surface area contributed by atoms with Crippen molar-refractivity contribution in [2.75, 3.05) is 0 Å². The number of carbonyl (C=O) groups is 2. The topological polar surface area (TPSA) is 105 Å². The number of aliphatic carboxylic acids is 1. The van der Waals surface area contributed by atoms with E-state index < -0.39 is 11.9 Å². The molecular weight excluding hydrogens is 250 g/mol. The molecule has 7 heteroatoms. The Balaban J connectivity index is 2.15. The number of carboxylic acids is 2. The molecule has 0 bridgehead atoms. The summed E-state index contributed by atoms with van der Waals surface area (Å²) >= 11 is 0. The van der Waals surface area contributed by atoms with E-state index in [1.165, 1.54) is 23.0 Å². The van der Waals surface area contributed by atoms with Gasteiger partial charge in [0, 0.05) is 0 Å². The number of rotatable bonds is 5. The zero-order chi connectivity index (χ0) is 13.8. The predicted octanol–water partition coefficient (Wildman–Crippen LogP) is 0.652. The average molecular weight is 261 g/mol. The van der Waals surface area contributed by atoms with Crippen LogP contribution < -0.4 is 0 Å². The number of benzene rings is 1. The Kier molecular flexibility index (Phi) is 3.56.